The van der Waals surface area contributed by atoms with Crippen molar-refractivity contribution in [3.63, 3.8) is 0 Å². The Morgan fingerprint density at radius 3 is 2.86 bits per heavy atom. The highest BCUT2D eigenvalue weighted by molar-refractivity contribution is 5.36. The van der Waals surface area contributed by atoms with Crippen LogP contribution in [-0.4, -0.2) is 6.54 Å². The largest absolute Gasteiger partial charge is 0.307 e. The van der Waals surface area contributed by atoms with Crippen molar-refractivity contribution < 1.29 is 8.78 Å². The lowest BCUT2D eigenvalue weighted by molar-refractivity contribution is 0.513. The Hall–Kier alpha value is -0.960. The van der Waals surface area contributed by atoms with E-state index in [-0.39, 0.29) is 17.2 Å². The highest BCUT2D eigenvalue weighted by atomic mass is 19.1. The number of rotatable bonds is 1. The molecular formula is C11H11F2N. The predicted octanol–water partition coefficient (Wildman–Crippen LogP) is 2.17. The van der Waals surface area contributed by atoms with Gasteiger partial charge in [-0.25, -0.2) is 8.78 Å². The molecule has 3 heteroatoms. The van der Waals surface area contributed by atoms with Gasteiger partial charge in [-0.15, -0.1) is 0 Å². The summed E-state index contributed by atoms with van der Waals surface area (Å²) >= 11 is 0. The van der Waals surface area contributed by atoms with E-state index in [9.17, 15) is 8.78 Å². The van der Waals surface area contributed by atoms with Gasteiger partial charge in [0.2, 0.25) is 0 Å². The van der Waals surface area contributed by atoms with Crippen molar-refractivity contribution in [3.05, 3.63) is 35.4 Å². The molecule has 1 saturated carbocycles. The molecule has 1 heterocycles. The van der Waals surface area contributed by atoms with E-state index < -0.39 is 0 Å². The van der Waals surface area contributed by atoms with Gasteiger partial charge >= 0.3 is 0 Å². The SMILES string of the molecule is Fc1ccc(F)c([C@@]23C[C@@H]2CCN3)c1. The van der Waals surface area contributed by atoms with Gasteiger partial charge in [-0.05, 0) is 43.5 Å². The molecule has 0 radical (unpaired) electrons. The van der Waals surface area contributed by atoms with Gasteiger partial charge in [-0.1, -0.05) is 0 Å². The zero-order valence-corrected chi connectivity index (χ0v) is 7.69. The zero-order chi connectivity index (χ0) is 9.76. The number of nitrogens with one attached hydrogen (secondary N) is 1. The summed E-state index contributed by atoms with van der Waals surface area (Å²) < 4.78 is 26.5. The van der Waals surface area contributed by atoms with Crippen LogP contribution >= 0.6 is 0 Å². The average molecular weight is 195 g/mol. The number of hydrogen-bond acceptors (Lipinski definition) is 1. The highest BCUT2D eigenvalue weighted by Gasteiger charge is 2.59. The quantitative estimate of drug-likeness (QED) is 0.724. The van der Waals surface area contributed by atoms with Gasteiger partial charge < -0.3 is 5.32 Å². The van der Waals surface area contributed by atoms with Gasteiger partial charge in [0.25, 0.3) is 0 Å². The molecule has 0 aromatic heterocycles. The van der Waals surface area contributed by atoms with Crippen molar-refractivity contribution in [2.24, 2.45) is 5.92 Å². The molecule has 3 rings (SSSR count). The van der Waals surface area contributed by atoms with Crippen molar-refractivity contribution in [2.45, 2.75) is 18.4 Å². The average Bonchev–Trinajstić information content (AvgIpc) is 2.74. The fourth-order valence-electron chi connectivity index (χ4n) is 2.63. The lowest BCUT2D eigenvalue weighted by Crippen LogP contribution is -2.26. The number of benzene rings is 1. The molecule has 0 amide bonds. The maximum Gasteiger partial charge on any atom is 0.128 e. The van der Waals surface area contributed by atoms with Crippen molar-refractivity contribution >= 4 is 0 Å². The Balaban J connectivity index is 2.08. The molecule has 74 valence electrons. The maximum atomic E-state index is 13.5. The van der Waals surface area contributed by atoms with Crippen LogP contribution in [0.3, 0.4) is 0 Å². The molecule has 1 aromatic carbocycles. The molecule has 1 N–H and O–H groups in total. The van der Waals surface area contributed by atoms with Gasteiger partial charge in [0.1, 0.15) is 11.6 Å². The van der Waals surface area contributed by atoms with Gasteiger partial charge in [0, 0.05) is 11.1 Å². The standard InChI is InChI=1S/C11H11F2N/c12-8-1-2-10(13)9(5-8)11-6-7(11)3-4-14-11/h1-2,5,7,14H,3-4,6H2/t7-,11+/m0/s1. The molecule has 2 aliphatic rings. The van der Waals surface area contributed by atoms with E-state index in [0.717, 1.165) is 19.4 Å². The molecule has 0 spiro atoms. The molecular weight excluding hydrogens is 184 g/mol. The molecule has 1 aliphatic heterocycles. The topological polar surface area (TPSA) is 12.0 Å². The minimum Gasteiger partial charge on any atom is -0.307 e. The molecule has 14 heavy (non-hydrogen) atoms. The Morgan fingerprint density at radius 1 is 1.36 bits per heavy atom. The second-order valence-corrected chi connectivity index (χ2v) is 4.21. The first-order valence-electron chi connectivity index (χ1n) is 4.93. The van der Waals surface area contributed by atoms with Crippen LogP contribution < -0.4 is 5.32 Å². The summed E-state index contributed by atoms with van der Waals surface area (Å²) in [6.07, 6.45) is 2.03. The summed E-state index contributed by atoms with van der Waals surface area (Å²) in [5, 5.41) is 3.28. The van der Waals surface area contributed by atoms with E-state index in [1.54, 1.807) is 0 Å². The van der Waals surface area contributed by atoms with E-state index in [2.05, 4.69) is 5.32 Å². The molecule has 1 aliphatic carbocycles. The lowest BCUT2D eigenvalue weighted by Gasteiger charge is -2.14. The summed E-state index contributed by atoms with van der Waals surface area (Å²) in [6.45, 7) is 0.917. The van der Waals surface area contributed by atoms with E-state index in [0.29, 0.717) is 11.5 Å². The summed E-state index contributed by atoms with van der Waals surface area (Å²) in [5.74, 6) is -0.128. The molecule has 2 fully saturated rings. The van der Waals surface area contributed by atoms with E-state index in [4.69, 9.17) is 0 Å². The summed E-state index contributed by atoms with van der Waals surface area (Å²) in [5.41, 5.74) is 0.284. The van der Waals surface area contributed by atoms with Gasteiger partial charge in [0.05, 0.1) is 0 Å². The Bertz CT molecular complexity index is 391. The van der Waals surface area contributed by atoms with E-state index >= 15 is 0 Å². The van der Waals surface area contributed by atoms with Crippen LogP contribution in [0.5, 0.6) is 0 Å². The van der Waals surface area contributed by atoms with Crippen LogP contribution in [0.1, 0.15) is 18.4 Å². The molecule has 0 bridgehead atoms. The van der Waals surface area contributed by atoms with Crippen LogP contribution in [0.4, 0.5) is 8.78 Å². The Kier molecular flexibility index (Phi) is 1.52. The van der Waals surface area contributed by atoms with Crippen LogP contribution in [0.15, 0.2) is 18.2 Å². The summed E-state index contributed by atoms with van der Waals surface area (Å²) in [6, 6.07) is 3.71. The van der Waals surface area contributed by atoms with Crippen molar-refractivity contribution in [1.29, 1.82) is 0 Å². The maximum absolute atomic E-state index is 13.5. The van der Waals surface area contributed by atoms with Crippen LogP contribution in [0.2, 0.25) is 0 Å². The molecule has 2 atom stereocenters. The third kappa shape index (κ3) is 0.960. The predicted molar refractivity (Wildman–Crippen MR) is 48.8 cm³/mol. The van der Waals surface area contributed by atoms with E-state index in [1.165, 1.54) is 18.2 Å². The normalized spacial score (nSPS) is 34.3. The van der Waals surface area contributed by atoms with E-state index in [1.807, 2.05) is 0 Å². The third-order valence-electron chi connectivity index (χ3n) is 3.45. The number of fused-ring (bicyclic) bond motifs is 1. The zero-order valence-electron chi connectivity index (χ0n) is 7.69. The lowest BCUT2D eigenvalue weighted by atomic mass is 10.0. The number of halogens is 2. The smallest absolute Gasteiger partial charge is 0.128 e. The first-order valence-corrected chi connectivity index (χ1v) is 4.93. The van der Waals surface area contributed by atoms with Crippen molar-refractivity contribution in [3.8, 4) is 0 Å². The second kappa shape index (κ2) is 2.54. The second-order valence-electron chi connectivity index (χ2n) is 4.21. The first-order chi connectivity index (χ1) is 6.72. The van der Waals surface area contributed by atoms with Gasteiger partial charge in [-0.3, -0.25) is 0 Å². The van der Waals surface area contributed by atoms with Crippen LogP contribution in [0.25, 0.3) is 0 Å². The first kappa shape index (κ1) is 8.36. The number of hydrogen-bond donors (Lipinski definition) is 1. The Morgan fingerprint density at radius 2 is 2.21 bits per heavy atom. The number of piperidine rings is 1. The highest BCUT2D eigenvalue weighted by Crippen LogP contribution is 2.57. The Labute approximate surface area is 81.1 Å². The van der Waals surface area contributed by atoms with Gasteiger partial charge in [0.15, 0.2) is 0 Å². The summed E-state index contributed by atoms with van der Waals surface area (Å²) in [7, 11) is 0. The molecule has 1 saturated heterocycles. The minimum atomic E-state index is -0.352. The molecule has 1 aromatic rings. The monoisotopic (exact) mass is 195 g/mol. The minimum absolute atomic E-state index is 0.230. The van der Waals surface area contributed by atoms with Crippen molar-refractivity contribution in [2.75, 3.05) is 6.54 Å². The third-order valence-corrected chi connectivity index (χ3v) is 3.45. The summed E-state index contributed by atoms with van der Waals surface area (Å²) in [4.78, 5) is 0. The van der Waals surface area contributed by atoms with Crippen LogP contribution in [-0.2, 0) is 5.54 Å². The fraction of sp³-hybridized carbons (Fsp3) is 0.455. The molecule has 0 unspecified atom stereocenters. The molecule has 1 nitrogen and oxygen atoms in total. The van der Waals surface area contributed by atoms with Crippen molar-refractivity contribution in [1.82, 2.24) is 5.32 Å². The van der Waals surface area contributed by atoms with Gasteiger partial charge in [-0.2, -0.15) is 0 Å². The fourth-order valence-corrected chi connectivity index (χ4v) is 2.63. The van der Waals surface area contributed by atoms with Crippen LogP contribution in [0, 0.1) is 17.6 Å².